The summed E-state index contributed by atoms with van der Waals surface area (Å²) < 4.78 is 2.03. The molecular formula is C19H26N4O. The Hall–Kier alpha value is -2.30. The Morgan fingerprint density at radius 2 is 2.29 bits per heavy atom. The molecule has 0 radical (unpaired) electrons. The average Bonchev–Trinajstić information content (AvgIpc) is 3.16. The van der Waals surface area contributed by atoms with Crippen LogP contribution in [0.2, 0.25) is 0 Å². The number of fused-ring (bicyclic) bond motifs is 1. The Kier molecular flexibility index (Phi) is 4.88. The molecule has 0 fully saturated rings. The van der Waals surface area contributed by atoms with E-state index < -0.39 is 0 Å². The second kappa shape index (κ2) is 7.07. The third-order valence-corrected chi connectivity index (χ3v) is 4.84. The van der Waals surface area contributed by atoms with Crippen molar-refractivity contribution in [1.29, 1.82) is 0 Å². The van der Waals surface area contributed by atoms with Crippen LogP contribution in [-0.4, -0.2) is 34.1 Å². The quantitative estimate of drug-likeness (QED) is 0.917. The Morgan fingerprint density at radius 1 is 1.46 bits per heavy atom. The van der Waals surface area contributed by atoms with Crippen LogP contribution in [0.1, 0.15) is 36.1 Å². The number of urea groups is 1. The predicted molar refractivity (Wildman–Crippen MR) is 94.8 cm³/mol. The molecule has 1 heterocycles. The highest BCUT2D eigenvalue weighted by Gasteiger charge is 2.31. The second-order valence-electron chi connectivity index (χ2n) is 6.89. The van der Waals surface area contributed by atoms with Crippen LogP contribution in [0.5, 0.6) is 0 Å². The molecule has 1 N–H and O–H groups in total. The number of nitrogens with zero attached hydrogens (tertiary/aromatic N) is 3. The molecule has 1 aliphatic carbocycles. The maximum atomic E-state index is 12.5. The van der Waals surface area contributed by atoms with Crippen LogP contribution in [0.25, 0.3) is 0 Å². The largest absolute Gasteiger partial charge is 0.337 e. The molecule has 0 bridgehead atoms. The maximum absolute atomic E-state index is 12.5. The molecule has 5 heteroatoms. The number of imidazole rings is 1. The van der Waals surface area contributed by atoms with Crippen molar-refractivity contribution in [2.45, 2.75) is 39.3 Å². The number of aryl methyl sites for hydroxylation is 2. The van der Waals surface area contributed by atoms with Crippen LogP contribution in [-0.2, 0) is 13.0 Å². The van der Waals surface area contributed by atoms with E-state index in [-0.39, 0.29) is 12.1 Å². The van der Waals surface area contributed by atoms with Gasteiger partial charge in [0, 0.05) is 32.5 Å². The molecule has 5 nitrogen and oxygen atoms in total. The number of amides is 2. The van der Waals surface area contributed by atoms with Gasteiger partial charge in [0.1, 0.15) is 0 Å². The molecule has 24 heavy (non-hydrogen) atoms. The lowest BCUT2D eigenvalue weighted by Crippen LogP contribution is -2.41. The van der Waals surface area contributed by atoms with Gasteiger partial charge in [0.15, 0.2) is 0 Å². The number of benzene rings is 1. The van der Waals surface area contributed by atoms with Crippen molar-refractivity contribution < 1.29 is 4.79 Å². The molecule has 0 unspecified atom stereocenters. The van der Waals surface area contributed by atoms with Crippen LogP contribution in [0.3, 0.4) is 0 Å². The van der Waals surface area contributed by atoms with Crippen molar-refractivity contribution in [3.63, 3.8) is 0 Å². The van der Waals surface area contributed by atoms with Crippen LogP contribution in [0.4, 0.5) is 4.79 Å². The number of hydrogen-bond acceptors (Lipinski definition) is 2. The van der Waals surface area contributed by atoms with Gasteiger partial charge in [-0.05, 0) is 36.8 Å². The molecule has 1 aromatic carbocycles. The lowest BCUT2D eigenvalue weighted by atomic mass is 10.0. The van der Waals surface area contributed by atoms with Crippen LogP contribution in [0.15, 0.2) is 36.9 Å². The summed E-state index contributed by atoms with van der Waals surface area (Å²) >= 11 is 0. The summed E-state index contributed by atoms with van der Waals surface area (Å²) in [6, 6.07) is 6.68. The molecule has 0 saturated carbocycles. The minimum atomic E-state index is 0.00633. The van der Waals surface area contributed by atoms with Crippen LogP contribution < -0.4 is 5.32 Å². The molecule has 2 amide bonds. The summed E-state index contributed by atoms with van der Waals surface area (Å²) in [5.41, 5.74) is 3.89. The van der Waals surface area contributed by atoms with Gasteiger partial charge in [0.2, 0.25) is 0 Å². The van der Waals surface area contributed by atoms with E-state index in [1.54, 1.807) is 17.4 Å². The van der Waals surface area contributed by atoms with Gasteiger partial charge >= 0.3 is 6.03 Å². The third-order valence-electron chi connectivity index (χ3n) is 4.84. The van der Waals surface area contributed by atoms with E-state index in [1.165, 1.54) is 16.7 Å². The lowest BCUT2D eigenvalue weighted by molar-refractivity contribution is 0.200. The smallest absolute Gasteiger partial charge is 0.317 e. The second-order valence-corrected chi connectivity index (χ2v) is 6.89. The highest BCUT2D eigenvalue weighted by atomic mass is 16.2. The van der Waals surface area contributed by atoms with E-state index in [4.69, 9.17) is 0 Å². The predicted octanol–water partition coefficient (Wildman–Crippen LogP) is 3.16. The fourth-order valence-electron chi connectivity index (χ4n) is 3.44. The van der Waals surface area contributed by atoms with E-state index in [2.05, 4.69) is 42.3 Å². The number of nitrogens with one attached hydrogen (secondary N) is 1. The van der Waals surface area contributed by atoms with Crippen LogP contribution >= 0.6 is 0 Å². The normalized spacial score (nSPS) is 19.1. The van der Waals surface area contributed by atoms with Crippen molar-refractivity contribution in [2.24, 2.45) is 5.92 Å². The molecule has 0 aliphatic heterocycles. The van der Waals surface area contributed by atoms with E-state index in [0.717, 1.165) is 25.9 Å². The minimum Gasteiger partial charge on any atom is -0.337 e. The first kappa shape index (κ1) is 16.6. The zero-order valence-corrected chi connectivity index (χ0v) is 14.7. The Balaban J connectivity index is 1.55. The third kappa shape index (κ3) is 3.61. The number of carbonyl (C=O) groups is 1. The fraction of sp³-hybridized carbons (Fsp3) is 0.474. The number of hydrogen-bond donors (Lipinski definition) is 1. The summed E-state index contributed by atoms with van der Waals surface area (Å²) in [7, 11) is 1.86. The van der Waals surface area contributed by atoms with Gasteiger partial charge in [-0.2, -0.15) is 0 Å². The number of carbonyl (C=O) groups excluding carboxylic acids is 1. The average molecular weight is 326 g/mol. The highest BCUT2D eigenvalue weighted by Crippen LogP contribution is 2.36. The molecule has 128 valence electrons. The molecule has 1 aliphatic rings. The zero-order valence-electron chi connectivity index (χ0n) is 14.7. The summed E-state index contributed by atoms with van der Waals surface area (Å²) in [4.78, 5) is 18.3. The first-order chi connectivity index (χ1) is 11.5. The Bertz CT molecular complexity index is 695. The molecule has 3 rings (SSSR count). The van der Waals surface area contributed by atoms with Crippen molar-refractivity contribution in [2.75, 3.05) is 13.6 Å². The van der Waals surface area contributed by atoms with Gasteiger partial charge < -0.3 is 14.8 Å². The van der Waals surface area contributed by atoms with Crippen molar-refractivity contribution in [3.8, 4) is 0 Å². The molecular weight excluding hydrogens is 300 g/mol. The van der Waals surface area contributed by atoms with Gasteiger partial charge in [0.05, 0.1) is 12.4 Å². The number of aromatic nitrogens is 2. The van der Waals surface area contributed by atoms with Gasteiger partial charge in [0.25, 0.3) is 0 Å². The first-order valence-corrected chi connectivity index (χ1v) is 8.61. The zero-order chi connectivity index (χ0) is 17.1. The van der Waals surface area contributed by atoms with E-state index in [9.17, 15) is 4.79 Å². The maximum Gasteiger partial charge on any atom is 0.317 e. The van der Waals surface area contributed by atoms with Gasteiger partial charge in [-0.1, -0.05) is 30.7 Å². The van der Waals surface area contributed by atoms with Crippen molar-refractivity contribution >= 4 is 6.03 Å². The van der Waals surface area contributed by atoms with Gasteiger partial charge in [-0.15, -0.1) is 0 Å². The first-order valence-electron chi connectivity index (χ1n) is 8.61. The SMILES string of the molecule is Cc1ccc2c(c1)[C@@H](NC(=O)N(C)CCCn1ccnc1)[C@@H](C)C2. The van der Waals surface area contributed by atoms with Crippen LogP contribution in [0, 0.1) is 12.8 Å². The minimum absolute atomic E-state index is 0.00633. The summed E-state index contributed by atoms with van der Waals surface area (Å²) in [6.07, 6.45) is 7.47. The molecule has 0 saturated heterocycles. The Labute approximate surface area is 143 Å². The van der Waals surface area contributed by atoms with Crippen molar-refractivity contribution in [1.82, 2.24) is 19.8 Å². The monoisotopic (exact) mass is 326 g/mol. The molecule has 2 atom stereocenters. The molecule has 2 aromatic rings. The van der Waals surface area contributed by atoms with Gasteiger partial charge in [-0.25, -0.2) is 9.78 Å². The highest BCUT2D eigenvalue weighted by molar-refractivity contribution is 5.74. The molecule has 0 spiro atoms. The molecule has 1 aromatic heterocycles. The topological polar surface area (TPSA) is 50.2 Å². The van der Waals surface area contributed by atoms with Crippen molar-refractivity contribution in [3.05, 3.63) is 53.6 Å². The summed E-state index contributed by atoms with van der Waals surface area (Å²) in [6.45, 7) is 5.91. The van der Waals surface area contributed by atoms with E-state index in [1.807, 2.05) is 17.8 Å². The summed E-state index contributed by atoms with van der Waals surface area (Å²) in [5.74, 6) is 0.435. The standard InChI is InChI=1S/C19H26N4O/c1-14-5-6-16-12-15(2)18(17(16)11-14)21-19(24)22(3)8-4-9-23-10-7-20-13-23/h5-7,10-11,13,15,18H,4,8-9,12H2,1-3H3,(H,21,24)/t15-,18-/m0/s1. The fourth-order valence-corrected chi connectivity index (χ4v) is 3.44. The van der Waals surface area contributed by atoms with Gasteiger partial charge in [-0.3, -0.25) is 0 Å². The lowest BCUT2D eigenvalue weighted by Gasteiger charge is -2.24. The number of rotatable bonds is 5. The van der Waals surface area contributed by atoms with E-state index in [0.29, 0.717) is 5.92 Å². The Morgan fingerprint density at radius 3 is 3.04 bits per heavy atom. The van der Waals surface area contributed by atoms with E-state index >= 15 is 0 Å². The summed E-state index contributed by atoms with van der Waals surface area (Å²) in [5, 5.41) is 3.22.